The predicted octanol–water partition coefficient (Wildman–Crippen LogP) is 4.61. The standard InChI is InChI=1S/C18H15NO2S2/c20-18(19-21)11-14-3-1-2-4-17(14)23-16-7-5-13(6-8-16)15-9-10-22-12-15/h1-10,12,21H,11H2,(H,19,20). The Morgan fingerprint density at radius 1 is 1.04 bits per heavy atom. The molecule has 0 saturated heterocycles. The number of carbonyl (C=O) groups excluding carboxylic acids is 1. The lowest BCUT2D eigenvalue weighted by atomic mass is 10.1. The van der Waals surface area contributed by atoms with Gasteiger partial charge in [-0.05, 0) is 51.7 Å². The average Bonchev–Trinajstić information content (AvgIpc) is 3.12. The Bertz CT molecular complexity index is 783. The van der Waals surface area contributed by atoms with Gasteiger partial charge >= 0.3 is 0 Å². The van der Waals surface area contributed by atoms with Crippen molar-refractivity contribution < 1.29 is 10.0 Å². The summed E-state index contributed by atoms with van der Waals surface area (Å²) < 4.78 is 0. The van der Waals surface area contributed by atoms with Gasteiger partial charge in [-0.1, -0.05) is 42.1 Å². The van der Waals surface area contributed by atoms with Crippen LogP contribution in [0.5, 0.6) is 0 Å². The number of thiophene rings is 1. The van der Waals surface area contributed by atoms with Crippen molar-refractivity contribution in [1.29, 1.82) is 0 Å². The molecule has 0 spiro atoms. The number of nitrogens with one attached hydrogen (secondary N) is 1. The Kier molecular flexibility index (Phi) is 5.12. The van der Waals surface area contributed by atoms with Crippen LogP contribution in [0.1, 0.15) is 5.56 Å². The van der Waals surface area contributed by atoms with E-state index in [2.05, 4.69) is 41.1 Å². The van der Waals surface area contributed by atoms with Crippen molar-refractivity contribution >= 4 is 29.0 Å². The number of rotatable bonds is 5. The van der Waals surface area contributed by atoms with Crippen LogP contribution in [0.15, 0.2) is 75.1 Å². The van der Waals surface area contributed by atoms with Gasteiger partial charge in [0.2, 0.25) is 5.91 Å². The molecule has 0 aliphatic carbocycles. The van der Waals surface area contributed by atoms with Crippen LogP contribution < -0.4 is 5.48 Å². The minimum atomic E-state index is -0.411. The molecule has 0 fully saturated rings. The third-order valence-corrected chi connectivity index (χ3v) is 5.19. The highest BCUT2D eigenvalue weighted by atomic mass is 32.2. The normalized spacial score (nSPS) is 10.5. The first-order valence-electron chi connectivity index (χ1n) is 7.07. The molecular weight excluding hydrogens is 326 g/mol. The van der Waals surface area contributed by atoms with Crippen molar-refractivity contribution in [2.24, 2.45) is 0 Å². The van der Waals surface area contributed by atoms with Crippen molar-refractivity contribution in [2.75, 3.05) is 0 Å². The Hall–Kier alpha value is -2.08. The van der Waals surface area contributed by atoms with E-state index in [1.165, 1.54) is 11.1 Å². The van der Waals surface area contributed by atoms with E-state index in [4.69, 9.17) is 5.21 Å². The number of hydrogen-bond donors (Lipinski definition) is 2. The molecule has 5 heteroatoms. The van der Waals surface area contributed by atoms with Crippen LogP contribution >= 0.6 is 23.1 Å². The Morgan fingerprint density at radius 3 is 2.52 bits per heavy atom. The van der Waals surface area contributed by atoms with Gasteiger partial charge in [-0.15, -0.1) is 0 Å². The molecular formula is C18H15NO2S2. The molecule has 0 aliphatic rings. The van der Waals surface area contributed by atoms with Crippen LogP contribution in [0, 0.1) is 0 Å². The molecule has 2 aromatic carbocycles. The number of amides is 1. The van der Waals surface area contributed by atoms with Crippen molar-refractivity contribution in [3.8, 4) is 11.1 Å². The number of hydroxylamine groups is 1. The fourth-order valence-electron chi connectivity index (χ4n) is 2.23. The monoisotopic (exact) mass is 341 g/mol. The van der Waals surface area contributed by atoms with E-state index in [0.29, 0.717) is 0 Å². The number of hydrogen-bond acceptors (Lipinski definition) is 4. The first-order chi connectivity index (χ1) is 11.3. The van der Waals surface area contributed by atoms with Gasteiger partial charge in [0.25, 0.3) is 0 Å². The number of carbonyl (C=O) groups is 1. The van der Waals surface area contributed by atoms with E-state index < -0.39 is 5.91 Å². The molecule has 0 radical (unpaired) electrons. The summed E-state index contributed by atoms with van der Waals surface area (Å²) in [6.45, 7) is 0. The molecule has 0 saturated carbocycles. The first-order valence-corrected chi connectivity index (χ1v) is 8.83. The zero-order valence-electron chi connectivity index (χ0n) is 12.2. The summed E-state index contributed by atoms with van der Waals surface area (Å²) >= 11 is 3.30. The molecule has 0 unspecified atom stereocenters. The van der Waals surface area contributed by atoms with Gasteiger partial charge in [0, 0.05) is 9.79 Å². The highest BCUT2D eigenvalue weighted by molar-refractivity contribution is 7.99. The molecule has 3 rings (SSSR count). The molecule has 3 nitrogen and oxygen atoms in total. The van der Waals surface area contributed by atoms with E-state index in [9.17, 15) is 4.79 Å². The fraction of sp³-hybridized carbons (Fsp3) is 0.0556. The largest absolute Gasteiger partial charge is 0.289 e. The summed E-state index contributed by atoms with van der Waals surface area (Å²) in [4.78, 5) is 13.5. The van der Waals surface area contributed by atoms with Gasteiger partial charge in [0.1, 0.15) is 0 Å². The molecule has 0 aliphatic heterocycles. The lowest BCUT2D eigenvalue weighted by Gasteiger charge is -2.09. The highest BCUT2D eigenvalue weighted by Crippen LogP contribution is 2.32. The molecule has 1 amide bonds. The Balaban J connectivity index is 1.78. The first kappa shape index (κ1) is 15.8. The van der Waals surface area contributed by atoms with Gasteiger partial charge in [-0.2, -0.15) is 11.3 Å². The van der Waals surface area contributed by atoms with Crippen molar-refractivity contribution in [1.82, 2.24) is 5.48 Å². The average molecular weight is 341 g/mol. The second-order valence-electron chi connectivity index (χ2n) is 4.96. The molecule has 1 heterocycles. The maximum atomic E-state index is 11.4. The lowest BCUT2D eigenvalue weighted by molar-refractivity contribution is -0.128. The molecule has 1 aromatic heterocycles. The minimum Gasteiger partial charge on any atom is -0.289 e. The second kappa shape index (κ2) is 7.46. The summed E-state index contributed by atoms with van der Waals surface area (Å²) in [6.07, 6.45) is 0.159. The molecule has 116 valence electrons. The maximum absolute atomic E-state index is 11.4. The van der Waals surface area contributed by atoms with E-state index in [1.54, 1.807) is 28.6 Å². The minimum absolute atomic E-state index is 0.159. The van der Waals surface area contributed by atoms with Gasteiger partial charge in [-0.25, -0.2) is 5.48 Å². The van der Waals surface area contributed by atoms with Crippen LogP contribution in [-0.2, 0) is 11.2 Å². The smallest absolute Gasteiger partial charge is 0.247 e. The summed E-state index contributed by atoms with van der Waals surface area (Å²) in [5.74, 6) is -0.411. The second-order valence-corrected chi connectivity index (χ2v) is 6.85. The van der Waals surface area contributed by atoms with Crippen LogP contribution in [0.4, 0.5) is 0 Å². The summed E-state index contributed by atoms with van der Waals surface area (Å²) in [6, 6.07) is 18.2. The van der Waals surface area contributed by atoms with Gasteiger partial charge in [0.15, 0.2) is 0 Å². The topological polar surface area (TPSA) is 49.3 Å². The quantitative estimate of drug-likeness (QED) is 0.526. The number of benzene rings is 2. The van der Waals surface area contributed by atoms with E-state index in [-0.39, 0.29) is 6.42 Å². The van der Waals surface area contributed by atoms with Crippen molar-refractivity contribution in [3.63, 3.8) is 0 Å². The Labute approximate surface area is 142 Å². The summed E-state index contributed by atoms with van der Waals surface area (Å²) in [7, 11) is 0. The third kappa shape index (κ3) is 4.01. The maximum Gasteiger partial charge on any atom is 0.247 e. The van der Waals surface area contributed by atoms with Crippen LogP contribution in [0.25, 0.3) is 11.1 Å². The van der Waals surface area contributed by atoms with Gasteiger partial charge in [-0.3, -0.25) is 10.0 Å². The Morgan fingerprint density at radius 2 is 1.83 bits per heavy atom. The van der Waals surface area contributed by atoms with Crippen LogP contribution in [0.3, 0.4) is 0 Å². The summed E-state index contributed by atoms with van der Waals surface area (Å²) in [5.41, 5.74) is 5.00. The zero-order valence-corrected chi connectivity index (χ0v) is 13.9. The van der Waals surface area contributed by atoms with Gasteiger partial charge < -0.3 is 0 Å². The van der Waals surface area contributed by atoms with Crippen molar-refractivity contribution in [2.45, 2.75) is 16.2 Å². The molecule has 3 aromatic rings. The molecule has 0 bridgehead atoms. The molecule has 2 N–H and O–H groups in total. The lowest BCUT2D eigenvalue weighted by Crippen LogP contribution is -2.20. The van der Waals surface area contributed by atoms with E-state index in [1.807, 2.05) is 24.3 Å². The zero-order chi connectivity index (χ0) is 16.1. The molecule has 0 atom stereocenters. The van der Waals surface area contributed by atoms with Crippen LogP contribution in [-0.4, -0.2) is 11.1 Å². The SMILES string of the molecule is O=C(Cc1ccccc1Sc1ccc(-c2ccsc2)cc1)NO. The fourth-order valence-corrected chi connectivity index (χ4v) is 3.84. The van der Waals surface area contributed by atoms with Crippen LogP contribution in [0.2, 0.25) is 0 Å². The van der Waals surface area contributed by atoms with Gasteiger partial charge in [0.05, 0.1) is 6.42 Å². The summed E-state index contributed by atoms with van der Waals surface area (Å²) in [5, 5.41) is 12.9. The van der Waals surface area contributed by atoms with E-state index >= 15 is 0 Å². The third-order valence-electron chi connectivity index (χ3n) is 3.38. The van der Waals surface area contributed by atoms with Crippen molar-refractivity contribution in [3.05, 3.63) is 70.9 Å². The highest BCUT2D eigenvalue weighted by Gasteiger charge is 2.08. The predicted molar refractivity (Wildman–Crippen MR) is 94.0 cm³/mol. The molecule has 23 heavy (non-hydrogen) atoms. The van der Waals surface area contributed by atoms with E-state index in [0.717, 1.165) is 15.4 Å².